The van der Waals surface area contributed by atoms with E-state index in [-0.39, 0.29) is 6.61 Å². The molecule has 0 aliphatic heterocycles. The third-order valence-corrected chi connectivity index (χ3v) is 4.60. The molecular weight excluding hydrogens is 188 g/mol. The molecule has 0 saturated heterocycles. The summed E-state index contributed by atoms with van der Waals surface area (Å²) in [7, 11) is 0. The standard InChI is InChI=1S/C13H26O2/c1-9-10(2)12(4)13(11(9)3)8-15-7-5-6-14/h9-14H,5-8H2,1-4H3/t9-,10?,11-,12?,13?/m0/s1. The van der Waals surface area contributed by atoms with Crippen LogP contribution in [-0.2, 0) is 4.74 Å². The lowest BCUT2D eigenvalue weighted by molar-refractivity contribution is 0.0616. The maximum absolute atomic E-state index is 8.67. The predicted octanol–water partition coefficient (Wildman–Crippen LogP) is 2.56. The Labute approximate surface area is 94.0 Å². The normalized spacial score (nSPS) is 41.0. The summed E-state index contributed by atoms with van der Waals surface area (Å²) >= 11 is 0. The highest BCUT2D eigenvalue weighted by Gasteiger charge is 2.41. The zero-order valence-electron chi connectivity index (χ0n) is 10.6. The lowest BCUT2D eigenvalue weighted by Gasteiger charge is -2.21. The van der Waals surface area contributed by atoms with E-state index in [1.807, 2.05) is 0 Å². The number of hydrogen-bond acceptors (Lipinski definition) is 2. The summed E-state index contributed by atoms with van der Waals surface area (Å²) in [5.74, 6) is 3.86. The molecule has 1 N–H and O–H groups in total. The quantitative estimate of drug-likeness (QED) is 0.713. The molecule has 90 valence electrons. The molecule has 15 heavy (non-hydrogen) atoms. The number of hydrogen-bond donors (Lipinski definition) is 1. The molecule has 0 aromatic heterocycles. The highest BCUT2D eigenvalue weighted by molar-refractivity contribution is 4.89. The zero-order valence-corrected chi connectivity index (χ0v) is 10.6. The van der Waals surface area contributed by atoms with Gasteiger partial charge in [-0.1, -0.05) is 27.7 Å². The third-order valence-electron chi connectivity index (χ3n) is 4.60. The lowest BCUT2D eigenvalue weighted by atomic mass is 9.90. The summed E-state index contributed by atoms with van der Waals surface area (Å²) in [6.07, 6.45) is 0.764. The van der Waals surface area contributed by atoms with Crippen LogP contribution in [0.25, 0.3) is 0 Å². The average molecular weight is 214 g/mol. The molecule has 0 aromatic carbocycles. The Morgan fingerprint density at radius 1 is 0.933 bits per heavy atom. The predicted molar refractivity (Wildman–Crippen MR) is 62.7 cm³/mol. The monoisotopic (exact) mass is 214 g/mol. The van der Waals surface area contributed by atoms with Crippen LogP contribution in [0.3, 0.4) is 0 Å². The fraction of sp³-hybridized carbons (Fsp3) is 1.00. The summed E-state index contributed by atoms with van der Waals surface area (Å²) < 4.78 is 5.64. The number of ether oxygens (including phenoxy) is 1. The van der Waals surface area contributed by atoms with Crippen LogP contribution in [0.1, 0.15) is 34.1 Å². The van der Waals surface area contributed by atoms with Crippen molar-refractivity contribution >= 4 is 0 Å². The Morgan fingerprint density at radius 3 is 1.93 bits per heavy atom. The fourth-order valence-corrected chi connectivity index (χ4v) is 2.91. The van der Waals surface area contributed by atoms with Gasteiger partial charge in [-0.15, -0.1) is 0 Å². The molecule has 2 heteroatoms. The van der Waals surface area contributed by atoms with E-state index in [0.717, 1.165) is 36.7 Å². The SMILES string of the molecule is CC1C(COCCCO)[C@@H](C)[C@@H](C)C1C. The Morgan fingerprint density at radius 2 is 1.47 bits per heavy atom. The first-order chi connectivity index (χ1) is 7.09. The number of aliphatic hydroxyl groups excluding tert-OH is 1. The Balaban J connectivity index is 2.34. The third kappa shape index (κ3) is 2.94. The molecule has 1 saturated carbocycles. The van der Waals surface area contributed by atoms with E-state index in [0.29, 0.717) is 12.5 Å². The van der Waals surface area contributed by atoms with Crippen LogP contribution in [-0.4, -0.2) is 24.9 Å². The number of aliphatic hydroxyl groups is 1. The van der Waals surface area contributed by atoms with E-state index in [9.17, 15) is 0 Å². The van der Waals surface area contributed by atoms with E-state index < -0.39 is 0 Å². The first-order valence-electron chi connectivity index (χ1n) is 6.28. The van der Waals surface area contributed by atoms with Gasteiger partial charge in [0.25, 0.3) is 0 Å². The molecular formula is C13H26O2. The van der Waals surface area contributed by atoms with Gasteiger partial charge in [0.2, 0.25) is 0 Å². The summed E-state index contributed by atoms with van der Waals surface area (Å²) in [4.78, 5) is 0. The van der Waals surface area contributed by atoms with E-state index in [1.165, 1.54) is 0 Å². The zero-order chi connectivity index (χ0) is 11.4. The van der Waals surface area contributed by atoms with Gasteiger partial charge < -0.3 is 9.84 Å². The fourth-order valence-electron chi connectivity index (χ4n) is 2.91. The van der Waals surface area contributed by atoms with Crippen LogP contribution < -0.4 is 0 Å². The van der Waals surface area contributed by atoms with Crippen molar-refractivity contribution in [3.05, 3.63) is 0 Å². The molecule has 1 rings (SSSR count). The van der Waals surface area contributed by atoms with E-state index >= 15 is 0 Å². The van der Waals surface area contributed by atoms with Gasteiger partial charge in [-0.25, -0.2) is 0 Å². The van der Waals surface area contributed by atoms with Gasteiger partial charge in [0.15, 0.2) is 0 Å². The Kier molecular flexibility index (Phi) is 5.07. The van der Waals surface area contributed by atoms with Gasteiger partial charge in [-0.3, -0.25) is 0 Å². The van der Waals surface area contributed by atoms with Crippen LogP contribution >= 0.6 is 0 Å². The second kappa shape index (κ2) is 5.86. The van der Waals surface area contributed by atoms with E-state index in [2.05, 4.69) is 27.7 Å². The lowest BCUT2D eigenvalue weighted by Crippen LogP contribution is -2.20. The second-order valence-electron chi connectivity index (χ2n) is 5.25. The van der Waals surface area contributed by atoms with Gasteiger partial charge in [0.1, 0.15) is 0 Å². The minimum atomic E-state index is 0.239. The van der Waals surface area contributed by atoms with Crippen molar-refractivity contribution in [1.82, 2.24) is 0 Å². The summed E-state index contributed by atoms with van der Waals surface area (Å²) in [6, 6.07) is 0. The largest absolute Gasteiger partial charge is 0.396 e. The highest BCUT2D eigenvalue weighted by Crippen LogP contribution is 2.45. The highest BCUT2D eigenvalue weighted by atomic mass is 16.5. The van der Waals surface area contributed by atoms with Gasteiger partial charge in [-0.2, -0.15) is 0 Å². The van der Waals surface area contributed by atoms with Crippen molar-refractivity contribution in [1.29, 1.82) is 0 Å². The molecule has 0 radical (unpaired) electrons. The summed E-state index contributed by atoms with van der Waals surface area (Å²) in [6.45, 7) is 11.2. The maximum Gasteiger partial charge on any atom is 0.0499 e. The van der Waals surface area contributed by atoms with Crippen molar-refractivity contribution in [3.63, 3.8) is 0 Å². The summed E-state index contributed by atoms with van der Waals surface area (Å²) in [5, 5.41) is 8.67. The molecule has 3 unspecified atom stereocenters. The second-order valence-corrected chi connectivity index (χ2v) is 5.25. The summed E-state index contributed by atoms with van der Waals surface area (Å²) in [5.41, 5.74) is 0. The topological polar surface area (TPSA) is 29.5 Å². The average Bonchev–Trinajstić information content (AvgIpc) is 2.41. The van der Waals surface area contributed by atoms with Gasteiger partial charge >= 0.3 is 0 Å². The van der Waals surface area contributed by atoms with Crippen LogP contribution in [0.4, 0.5) is 0 Å². The molecule has 1 aliphatic carbocycles. The van der Waals surface area contributed by atoms with Crippen molar-refractivity contribution in [3.8, 4) is 0 Å². The van der Waals surface area contributed by atoms with E-state index in [4.69, 9.17) is 9.84 Å². The Hall–Kier alpha value is -0.0800. The number of rotatable bonds is 5. The molecule has 0 aromatic rings. The van der Waals surface area contributed by atoms with Crippen LogP contribution in [0.5, 0.6) is 0 Å². The molecule has 0 heterocycles. The smallest absolute Gasteiger partial charge is 0.0499 e. The minimum Gasteiger partial charge on any atom is -0.396 e. The van der Waals surface area contributed by atoms with Crippen molar-refractivity contribution in [2.75, 3.05) is 19.8 Å². The molecule has 2 nitrogen and oxygen atoms in total. The van der Waals surface area contributed by atoms with Gasteiger partial charge in [0, 0.05) is 19.8 Å². The van der Waals surface area contributed by atoms with Crippen LogP contribution in [0, 0.1) is 29.6 Å². The molecule has 1 fully saturated rings. The Bertz CT molecular complexity index is 167. The maximum atomic E-state index is 8.67. The molecule has 1 aliphatic rings. The first-order valence-corrected chi connectivity index (χ1v) is 6.28. The van der Waals surface area contributed by atoms with Crippen molar-refractivity contribution in [2.45, 2.75) is 34.1 Å². The van der Waals surface area contributed by atoms with Crippen molar-refractivity contribution < 1.29 is 9.84 Å². The van der Waals surface area contributed by atoms with Gasteiger partial charge in [0.05, 0.1) is 0 Å². The van der Waals surface area contributed by atoms with Gasteiger partial charge in [-0.05, 0) is 36.0 Å². The van der Waals surface area contributed by atoms with Crippen LogP contribution in [0.2, 0.25) is 0 Å². The molecule has 0 spiro atoms. The molecule has 5 atom stereocenters. The van der Waals surface area contributed by atoms with Crippen molar-refractivity contribution in [2.24, 2.45) is 29.6 Å². The van der Waals surface area contributed by atoms with E-state index in [1.54, 1.807) is 0 Å². The minimum absolute atomic E-state index is 0.239. The molecule has 0 bridgehead atoms. The van der Waals surface area contributed by atoms with Crippen LogP contribution in [0.15, 0.2) is 0 Å². The first kappa shape index (κ1) is 13.0. The molecule has 0 amide bonds.